The molecule has 1 heterocycles. The lowest BCUT2D eigenvalue weighted by atomic mass is 10.2. The Morgan fingerprint density at radius 3 is 2.43 bits per heavy atom. The third kappa shape index (κ3) is 4.84. The van der Waals surface area contributed by atoms with E-state index in [1.807, 2.05) is 18.2 Å². The highest BCUT2D eigenvalue weighted by molar-refractivity contribution is 7.89. The van der Waals surface area contributed by atoms with Crippen molar-refractivity contribution in [2.24, 2.45) is 0 Å². The molecule has 30 heavy (non-hydrogen) atoms. The monoisotopic (exact) mass is 464 g/mol. The highest BCUT2D eigenvalue weighted by Gasteiger charge is 2.23. The molecular formula is C21H21ClN2O4S2. The molecule has 6 nitrogen and oxygen atoms in total. The second-order valence-corrected chi connectivity index (χ2v) is 10.1. The van der Waals surface area contributed by atoms with Crippen molar-refractivity contribution in [3.05, 3.63) is 64.5 Å². The lowest BCUT2D eigenvalue weighted by Crippen LogP contribution is -2.23. The molecule has 0 saturated heterocycles. The van der Waals surface area contributed by atoms with Crippen molar-refractivity contribution in [3.8, 4) is 16.2 Å². The van der Waals surface area contributed by atoms with Gasteiger partial charge in [0.1, 0.15) is 10.6 Å². The smallest absolute Gasteiger partial charge is 0.265 e. The van der Waals surface area contributed by atoms with Crippen LogP contribution in [0.4, 0.5) is 5.69 Å². The number of halogens is 1. The molecule has 0 saturated carbocycles. The summed E-state index contributed by atoms with van der Waals surface area (Å²) < 4.78 is 31.8. The molecule has 1 aromatic heterocycles. The normalized spacial score (nSPS) is 11.5. The Balaban J connectivity index is 1.86. The molecule has 0 radical (unpaired) electrons. The Morgan fingerprint density at radius 1 is 1.10 bits per heavy atom. The highest BCUT2D eigenvalue weighted by Crippen LogP contribution is 2.31. The number of benzene rings is 2. The van der Waals surface area contributed by atoms with Gasteiger partial charge in [0.2, 0.25) is 10.0 Å². The van der Waals surface area contributed by atoms with Crippen molar-refractivity contribution in [2.75, 3.05) is 26.0 Å². The number of carbonyl (C=O) groups is 1. The number of hydrogen-bond donors (Lipinski definition) is 1. The van der Waals surface area contributed by atoms with Crippen molar-refractivity contribution >= 4 is 44.6 Å². The van der Waals surface area contributed by atoms with Crippen LogP contribution in [0.2, 0.25) is 5.02 Å². The molecule has 0 unspecified atom stereocenters. The average molecular weight is 465 g/mol. The summed E-state index contributed by atoms with van der Waals surface area (Å²) in [7, 11) is -0.850. The fourth-order valence-electron chi connectivity index (χ4n) is 2.68. The SMILES string of the molecule is CCOc1ccc(NC(=O)c2ccc(-c3ccc(Cl)cc3)s2)cc1S(=O)(=O)N(C)C. The van der Waals surface area contributed by atoms with Crippen LogP contribution in [0, 0.1) is 0 Å². The van der Waals surface area contributed by atoms with E-state index in [9.17, 15) is 13.2 Å². The van der Waals surface area contributed by atoms with Gasteiger partial charge in [0, 0.05) is 29.7 Å². The summed E-state index contributed by atoms with van der Waals surface area (Å²) in [6.45, 7) is 2.10. The minimum Gasteiger partial charge on any atom is -0.492 e. The topological polar surface area (TPSA) is 75.7 Å². The first-order chi connectivity index (χ1) is 14.2. The number of nitrogens with zero attached hydrogens (tertiary/aromatic N) is 1. The lowest BCUT2D eigenvalue weighted by molar-refractivity contribution is 0.103. The number of thiophene rings is 1. The van der Waals surface area contributed by atoms with Gasteiger partial charge in [-0.25, -0.2) is 12.7 Å². The van der Waals surface area contributed by atoms with Crippen molar-refractivity contribution in [3.63, 3.8) is 0 Å². The van der Waals surface area contributed by atoms with E-state index in [0.29, 0.717) is 22.2 Å². The van der Waals surface area contributed by atoms with E-state index in [-0.39, 0.29) is 16.6 Å². The molecule has 0 aliphatic rings. The van der Waals surface area contributed by atoms with Gasteiger partial charge in [-0.15, -0.1) is 11.3 Å². The van der Waals surface area contributed by atoms with Gasteiger partial charge in [-0.3, -0.25) is 4.79 Å². The van der Waals surface area contributed by atoms with Gasteiger partial charge in [0.05, 0.1) is 11.5 Å². The summed E-state index contributed by atoms with van der Waals surface area (Å²) >= 11 is 7.26. The molecule has 0 spiro atoms. The maximum absolute atomic E-state index is 12.7. The summed E-state index contributed by atoms with van der Waals surface area (Å²) in [5.74, 6) is -0.0806. The zero-order valence-electron chi connectivity index (χ0n) is 16.7. The number of hydrogen-bond acceptors (Lipinski definition) is 5. The second-order valence-electron chi connectivity index (χ2n) is 6.51. The molecule has 1 amide bonds. The fraction of sp³-hybridized carbons (Fsp3) is 0.190. The molecule has 9 heteroatoms. The fourth-order valence-corrected chi connectivity index (χ4v) is 4.76. The van der Waals surface area contributed by atoms with Crippen LogP contribution in [-0.2, 0) is 10.0 Å². The van der Waals surface area contributed by atoms with Gasteiger partial charge >= 0.3 is 0 Å². The molecule has 3 aromatic rings. The maximum atomic E-state index is 12.7. The largest absolute Gasteiger partial charge is 0.492 e. The third-order valence-electron chi connectivity index (χ3n) is 4.22. The zero-order valence-corrected chi connectivity index (χ0v) is 19.1. The van der Waals surface area contributed by atoms with Crippen molar-refractivity contribution < 1.29 is 17.9 Å². The first kappa shape index (κ1) is 22.3. The van der Waals surface area contributed by atoms with Crippen molar-refractivity contribution in [1.29, 1.82) is 0 Å². The molecule has 3 rings (SSSR count). The molecule has 158 valence electrons. The van der Waals surface area contributed by atoms with Crippen LogP contribution in [0.5, 0.6) is 5.75 Å². The lowest BCUT2D eigenvalue weighted by Gasteiger charge is -2.16. The van der Waals surface area contributed by atoms with Crippen LogP contribution in [-0.4, -0.2) is 39.3 Å². The first-order valence-corrected chi connectivity index (χ1v) is 11.7. The van der Waals surface area contributed by atoms with Gasteiger partial charge in [0.15, 0.2) is 0 Å². The van der Waals surface area contributed by atoms with E-state index in [1.54, 1.807) is 37.3 Å². The Morgan fingerprint density at radius 2 is 1.80 bits per heavy atom. The number of ether oxygens (including phenoxy) is 1. The van der Waals surface area contributed by atoms with E-state index in [4.69, 9.17) is 16.3 Å². The highest BCUT2D eigenvalue weighted by atomic mass is 35.5. The van der Waals surface area contributed by atoms with Crippen LogP contribution >= 0.6 is 22.9 Å². The van der Waals surface area contributed by atoms with Crippen LogP contribution in [0.1, 0.15) is 16.6 Å². The Kier molecular flexibility index (Phi) is 6.82. The maximum Gasteiger partial charge on any atom is 0.265 e. The van der Waals surface area contributed by atoms with Crippen LogP contribution in [0.15, 0.2) is 59.5 Å². The number of rotatable bonds is 7. The summed E-state index contributed by atoms with van der Waals surface area (Å²) in [4.78, 5) is 14.1. The van der Waals surface area contributed by atoms with Gasteiger partial charge < -0.3 is 10.1 Å². The number of amides is 1. The van der Waals surface area contributed by atoms with E-state index < -0.39 is 10.0 Å². The molecule has 2 aromatic carbocycles. The Labute approximate surface area is 185 Å². The minimum atomic E-state index is -3.74. The van der Waals surface area contributed by atoms with E-state index in [0.717, 1.165) is 14.7 Å². The number of anilines is 1. The molecule has 0 bridgehead atoms. The van der Waals surface area contributed by atoms with Crippen LogP contribution in [0.25, 0.3) is 10.4 Å². The number of sulfonamides is 1. The standard InChI is InChI=1S/C21H21ClN2O4S2/c1-4-28-17-10-9-16(13-20(17)30(26,27)24(2)3)23-21(25)19-12-11-18(29-19)14-5-7-15(22)8-6-14/h5-13H,4H2,1-3H3,(H,23,25). The van der Waals surface area contributed by atoms with Gasteiger partial charge in [0.25, 0.3) is 5.91 Å². The minimum absolute atomic E-state index is 0.000169. The summed E-state index contributed by atoms with van der Waals surface area (Å²) in [6.07, 6.45) is 0. The third-order valence-corrected chi connectivity index (χ3v) is 7.44. The first-order valence-electron chi connectivity index (χ1n) is 9.09. The Hall–Kier alpha value is -2.39. The van der Waals surface area contributed by atoms with Crippen molar-refractivity contribution in [2.45, 2.75) is 11.8 Å². The van der Waals surface area contributed by atoms with Crippen molar-refractivity contribution in [1.82, 2.24) is 4.31 Å². The summed E-state index contributed by atoms with van der Waals surface area (Å²) in [5, 5.41) is 3.41. The predicted octanol–water partition coefficient (Wildman–Crippen LogP) is 4.97. The predicted molar refractivity (Wildman–Crippen MR) is 121 cm³/mol. The molecule has 1 N–H and O–H groups in total. The van der Waals surface area contributed by atoms with Gasteiger partial charge in [-0.1, -0.05) is 23.7 Å². The molecule has 0 fully saturated rings. The Bertz CT molecular complexity index is 1160. The van der Waals surface area contributed by atoms with Gasteiger partial charge in [-0.05, 0) is 55.0 Å². The molecule has 0 atom stereocenters. The second kappa shape index (κ2) is 9.18. The zero-order chi connectivity index (χ0) is 21.9. The molecular weight excluding hydrogens is 444 g/mol. The van der Waals surface area contributed by atoms with Crippen LogP contribution < -0.4 is 10.1 Å². The average Bonchev–Trinajstić information content (AvgIpc) is 3.20. The number of carbonyl (C=O) groups excluding carboxylic acids is 1. The van der Waals surface area contributed by atoms with E-state index in [2.05, 4.69) is 5.32 Å². The summed E-state index contributed by atoms with van der Waals surface area (Å²) in [6, 6.07) is 15.5. The van der Waals surface area contributed by atoms with E-state index >= 15 is 0 Å². The molecule has 0 aliphatic heterocycles. The van der Waals surface area contributed by atoms with Gasteiger partial charge in [-0.2, -0.15) is 0 Å². The molecule has 0 aliphatic carbocycles. The number of nitrogens with one attached hydrogen (secondary N) is 1. The van der Waals surface area contributed by atoms with E-state index in [1.165, 1.54) is 31.5 Å². The van der Waals surface area contributed by atoms with Crippen LogP contribution in [0.3, 0.4) is 0 Å². The quantitative estimate of drug-likeness (QED) is 0.535. The summed E-state index contributed by atoms with van der Waals surface area (Å²) in [5.41, 5.74) is 1.33.